The highest BCUT2D eigenvalue weighted by atomic mass is 35.5. The number of benzene rings is 2. The third-order valence-electron chi connectivity index (χ3n) is 8.92. The molecule has 0 bridgehead atoms. The lowest BCUT2D eigenvalue weighted by Crippen LogP contribution is -2.44. The second-order valence-electron chi connectivity index (χ2n) is 11.7. The minimum atomic E-state index is -3.80. The number of hydrogen-bond acceptors (Lipinski definition) is 5. The first-order chi connectivity index (χ1) is 19.9. The van der Waals surface area contributed by atoms with E-state index < -0.39 is 15.8 Å². The van der Waals surface area contributed by atoms with Gasteiger partial charge in [0.15, 0.2) is 0 Å². The minimum Gasteiger partial charge on any atom is -0.343 e. The van der Waals surface area contributed by atoms with Crippen LogP contribution >= 0.6 is 23.2 Å². The first-order valence-electron chi connectivity index (χ1n) is 14.4. The molecule has 3 heterocycles. The third kappa shape index (κ3) is 6.63. The number of carbonyl (C=O) groups excluding carboxylic acids is 2. The molecule has 2 aromatic carbocycles. The molecule has 5 rings (SSSR count). The van der Waals surface area contributed by atoms with Gasteiger partial charge in [0.05, 0.1) is 5.02 Å². The van der Waals surface area contributed by atoms with Gasteiger partial charge >= 0.3 is 0 Å². The molecule has 0 aromatic heterocycles. The van der Waals surface area contributed by atoms with Gasteiger partial charge in [-0.2, -0.15) is 4.31 Å². The van der Waals surface area contributed by atoms with E-state index in [0.717, 1.165) is 49.4 Å². The van der Waals surface area contributed by atoms with Gasteiger partial charge in [-0.3, -0.25) is 9.59 Å². The second kappa shape index (κ2) is 12.8. The number of carbonyl (C=O) groups is 2. The summed E-state index contributed by atoms with van der Waals surface area (Å²) in [4.78, 5) is 31.4. The number of aryl methyl sites for hydroxylation is 1. The molecule has 2 unspecified atom stereocenters. The van der Waals surface area contributed by atoms with Crippen molar-refractivity contribution in [3.8, 4) is 0 Å². The van der Waals surface area contributed by atoms with E-state index in [2.05, 4.69) is 4.90 Å². The molecule has 12 heteroatoms. The highest BCUT2D eigenvalue weighted by Crippen LogP contribution is 2.36. The zero-order valence-corrected chi connectivity index (χ0v) is 26.3. The van der Waals surface area contributed by atoms with E-state index >= 15 is 0 Å². The third-order valence-corrected chi connectivity index (χ3v) is 11.6. The average molecular weight is 640 g/mol. The molecule has 3 saturated heterocycles. The van der Waals surface area contributed by atoms with Gasteiger partial charge in [0.2, 0.25) is 21.8 Å². The summed E-state index contributed by atoms with van der Waals surface area (Å²) in [6.07, 6.45) is 2.05. The Labute approximate surface area is 257 Å². The molecule has 3 fully saturated rings. The van der Waals surface area contributed by atoms with Crippen molar-refractivity contribution in [3.05, 3.63) is 57.8 Å². The summed E-state index contributed by atoms with van der Waals surface area (Å²) >= 11 is 12.5. The predicted octanol–water partition coefficient (Wildman–Crippen LogP) is 4.68. The topological polar surface area (TPSA) is 81.2 Å². The standard InChI is InChI=1S/C30H37Cl2FN4O4S/c1-20-4-6-26(15-27(20)31)37(30(39)22-8-12-35(13-9-22)21(2)38)11-3-10-34-16-23-18-36(19-24(23)17-34)42(40,41)29-7-5-25(33)14-28(29)32/h4-7,14-15,22-24H,3,8-13,16-19H2,1-2H3. The van der Waals surface area contributed by atoms with Crippen molar-refractivity contribution in [2.75, 3.05) is 57.3 Å². The van der Waals surface area contributed by atoms with E-state index in [-0.39, 0.29) is 39.5 Å². The zero-order chi connectivity index (χ0) is 30.2. The van der Waals surface area contributed by atoms with Crippen LogP contribution in [0.5, 0.6) is 0 Å². The molecule has 42 heavy (non-hydrogen) atoms. The van der Waals surface area contributed by atoms with Crippen LogP contribution in [-0.2, 0) is 19.6 Å². The quantitative estimate of drug-likeness (QED) is 0.420. The van der Waals surface area contributed by atoms with Gasteiger partial charge < -0.3 is 14.7 Å². The summed E-state index contributed by atoms with van der Waals surface area (Å²) in [6, 6.07) is 9.09. The Balaban J connectivity index is 1.18. The van der Waals surface area contributed by atoms with Gasteiger partial charge in [0, 0.05) is 69.4 Å². The molecule has 2 amide bonds. The SMILES string of the molecule is CC(=O)N1CCC(C(=O)N(CCCN2CC3CN(S(=O)(=O)c4ccc(F)cc4Cl)CC3C2)c2ccc(C)c(Cl)c2)CC1. The molecule has 0 spiro atoms. The van der Waals surface area contributed by atoms with E-state index in [1.165, 1.54) is 10.4 Å². The molecule has 0 saturated carbocycles. The van der Waals surface area contributed by atoms with Crippen molar-refractivity contribution < 1.29 is 22.4 Å². The van der Waals surface area contributed by atoms with Crippen LogP contribution in [0.3, 0.4) is 0 Å². The molecule has 228 valence electrons. The van der Waals surface area contributed by atoms with Crippen molar-refractivity contribution in [2.24, 2.45) is 17.8 Å². The molecule has 3 aliphatic heterocycles. The maximum Gasteiger partial charge on any atom is 0.244 e. The van der Waals surface area contributed by atoms with E-state index in [1.54, 1.807) is 11.8 Å². The summed E-state index contributed by atoms with van der Waals surface area (Å²) in [7, 11) is -3.80. The highest BCUT2D eigenvalue weighted by Gasteiger charge is 2.44. The van der Waals surface area contributed by atoms with Crippen molar-refractivity contribution in [2.45, 2.75) is 38.0 Å². The highest BCUT2D eigenvalue weighted by molar-refractivity contribution is 7.89. The van der Waals surface area contributed by atoms with E-state index in [4.69, 9.17) is 23.2 Å². The Kier molecular flexibility index (Phi) is 9.49. The number of anilines is 1. The zero-order valence-electron chi connectivity index (χ0n) is 23.9. The van der Waals surface area contributed by atoms with Crippen LogP contribution in [0.25, 0.3) is 0 Å². The van der Waals surface area contributed by atoms with E-state index in [0.29, 0.717) is 50.6 Å². The van der Waals surface area contributed by atoms with Gasteiger partial charge in [-0.25, -0.2) is 12.8 Å². The molecule has 8 nitrogen and oxygen atoms in total. The second-order valence-corrected chi connectivity index (χ2v) is 14.5. The number of fused-ring (bicyclic) bond motifs is 1. The van der Waals surface area contributed by atoms with Gasteiger partial charge in [-0.05, 0) is 80.5 Å². The predicted molar refractivity (Wildman–Crippen MR) is 162 cm³/mol. The number of amides is 2. The molecule has 2 atom stereocenters. The van der Waals surface area contributed by atoms with Gasteiger partial charge in [-0.15, -0.1) is 0 Å². The fourth-order valence-corrected chi connectivity index (χ4v) is 8.71. The van der Waals surface area contributed by atoms with Crippen molar-refractivity contribution in [3.63, 3.8) is 0 Å². The first kappa shape index (κ1) is 31.2. The van der Waals surface area contributed by atoms with Crippen LogP contribution in [-0.4, -0.2) is 86.7 Å². The van der Waals surface area contributed by atoms with Crippen LogP contribution in [0, 0.1) is 30.5 Å². The Morgan fingerprint density at radius 1 is 0.976 bits per heavy atom. The maximum absolute atomic E-state index is 13.7. The lowest BCUT2D eigenvalue weighted by atomic mass is 9.94. The van der Waals surface area contributed by atoms with Gasteiger partial charge in [-0.1, -0.05) is 29.3 Å². The Hall–Kier alpha value is -2.24. The molecular weight excluding hydrogens is 602 g/mol. The molecular formula is C30H37Cl2FN4O4S. The number of nitrogens with zero attached hydrogens (tertiary/aromatic N) is 4. The number of hydrogen-bond donors (Lipinski definition) is 0. The van der Waals surface area contributed by atoms with Gasteiger partial charge in [0.25, 0.3) is 0 Å². The number of rotatable bonds is 8. The van der Waals surface area contributed by atoms with Crippen molar-refractivity contribution in [1.82, 2.24) is 14.1 Å². The van der Waals surface area contributed by atoms with E-state index in [1.807, 2.05) is 30.0 Å². The smallest absolute Gasteiger partial charge is 0.244 e. The van der Waals surface area contributed by atoms with Crippen molar-refractivity contribution >= 4 is 50.7 Å². The number of halogens is 3. The number of piperidine rings is 1. The maximum atomic E-state index is 13.7. The first-order valence-corrected chi connectivity index (χ1v) is 16.6. The van der Waals surface area contributed by atoms with Crippen LogP contribution in [0.2, 0.25) is 10.0 Å². The average Bonchev–Trinajstić information content (AvgIpc) is 3.52. The Morgan fingerprint density at radius 3 is 2.24 bits per heavy atom. The molecule has 0 radical (unpaired) electrons. The fourth-order valence-electron chi connectivity index (χ4n) is 6.48. The summed E-state index contributed by atoms with van der Waals surface area (Å²) < 4.78 is 41.3. The largest absolute Gasteiger partial charge is 0.343 e. The summed E-state index contributed by atoms with van der Waals surface area (Å²) in [5, 5.41) is 0.512. The fraction of sp³-hybridized carbons (Fsp3) is 0.533. The van der Waals surface area contributed by atoms with Crippen LogP contribution < -0.4 is 4.90 Å². The summed E-state index contributed by atoms with van der Waals surface area (Å²) in [6.45, 7) is 8.37. The van der Waals surface area contributed by atoms with Crippen LogP contribution in [0.15, 0.2) is 41.3 Å². The Morgan fingerprint density at radius 2 is 1.64 bits per heavy atom. The monoisotopic (exact) mass is 638 g/mol. The normalized spacial score (nSPS) is 22.0. The van der Waals surface area contributed by atoms with Crippen LogP contribution in [0.1, 0.15) is 31.7 Å². The van der Waals surface area contributed by atoms with Crippen molar-refractivity contribution in [1.29, 1.82) is 0 Å². The summed E-state index contributed by atoms with van der Waals surface area (Å²) in [5.74, 6) is -0.195. The van der Waals surface area contributed by atoms with E-state index in [9.17, 15) is 22.4 Å². The minimum absolute atomic E-state index is 0.0402. The number of sulfonamides is 1. The summed E-state index contributed by atoms with van der Waals surface area (Å²) in [5.41, 5.74) is 1.73. The number of likely N-dealkylation sites (tertiary alicyclic amines) is 2. The molecule has 0 N–H and O–H groups in total. The van der Waals surface area contributed by atoms with Gasteiger partial charge in [0.1, 0.15) is 10.7 Å². The lowest BCUT2D eigenvalue weighted by molar-refractivity contribution is -0.133. The lowest BCUT2D eigenvalue weighted by Gasteiger charge is -2.34. The van der Waals surface area contributed by atoms with Crippen LogP contribution in [0.4, 0.5) is 10.1 Å². The molecule has 2 aromatic rings. The molecule has 0 aliphatic carbocycles. The Bertz CT molecular complexity index is 1440. The molecule has 3 aliphatic rings.